The molecule has 0 aliphatic rings. The topological polar surface area (TPSA) is 120 Å². The summed E-state index contributed by atoms with van der Waals surface area (Å²) in [4.78, 5) is 35.2. The van der Waals surface area contributed by atoms with E-state index in [4.69, 9.17) is 32.7 Å². The summed E-state index contributed by atoms with van der Waals surface area (Å²) >= 11 is 12.0. The average Bonchev–Trinajstić information content (AvgIpc) is 2.97. The van der Waals surface area contributed by atoms with Crippen LogP contribution in [0, 0.1) is 17.0 Å². The molecule has 0 radical (unpaired) electrons. The lowest BCUT2D eigenvalue weighted by molar-refractivity contribution is -0.385. The Balaban J connectivity index is 1.92. The zero-order valence-corrected chi connectivity index (χ0v) is 27.8. The molecule has 43 heavy (non-hydrogen) atoms. The van der Waals surface area contributed by atoms with Gasteiger partial charge in [-0.2, -0.15) is 0 Å². The average molecular weight is 647 g/mol. The molecular weight excluding hydrogens is 593 g/mol. The van der Waals surface area contributed by atoms with Crippen molar-refractivity contribution in [2.45, 2.75) is 117 Å². The number of rotatable bonds is 27. The number of amides is 2. The van der Waals surface area contributed by atoms with E-state index in [2.05, 4.69) is 17.6 Å². The van der Waals surface area contributed by atoms with Crippen LogP contribution >= 0.6 is 23.2 Å². The van der Waals surface area contributed by atoms with Crippen molar-refractivity contribution >= 4 is 40.7 Å². The Morgan fingerprint density at radius 1 is 0.744 bits per heavy atom. The molecule has 0 aliphatic heterocycles. The van der Waals surface area contributed by atoms with Crippen LogP contribution in [0.5, 0.6) is 0 Å². The van der Waals surface area contributed by atoms with Gasteiger partial charge in [-0.3, -0.25) is 19.7 Å². The highest BCUT2D eigenvalue weighted by Crippen LogP contribution is 2.35. The summed E-state index contributed by atoms with van der Waals surface area (Å²) in [6, 6.07) is 1.27. The van der Waals surface area contributed by atoms with Crippen LogP contribution in [0.25, 0.3) is 0 Å². The van der Waals surface area contributed by atoms with Crippen molar-refractivity contribution in [1.29, 1.82) is 0 Å². The number of hydrogen-bond donors (Lipinski definition) is 2. The first-order valence-electron chi connectivity index (χ1n) is 16.1. The van der Waals surface area contributed by atoms with Crippen LogP contribution in [0.1, 0.15) is 126 Å². The molecule has 1 aromatic carbocycles. The number of nitrogens with zero attached hydrogens (tertiary/aromatic N) is 1. The first-order chi connectivity index (χ1) is 20.8. The van der Waals surface area contributed by atoms with E-state index in [9.17, 15) is 19.7 Å². The van der Waals surface area contributed by atoms with Gasteiger partial charge in [-0.15, -0.1) is 0 Å². The SMILES string of the molecule is CCCCCCCCCCCCCC(=O)NCCCOCCCCOCCCNC(=O)c1c(C)c(Cl)cc(Cl)c1[N+](=O)[O-]. The van der Waals surface area contributed by atoms with Gasteiger partial charge in [0.25, 0.3) is 5.91 Å². The number of ether oxygens (including phenoxy) is 2. The summed E-state index contributed by atoms with van der Waals surface area (Å²) in [5, 5.41) is 17.0. The van der Waals surface area contributed by atoms with Gasteiger partial charge in [0.15, 0.2) is 0 Å². The molecule has 0 aromatic heterocycles. The molecule has 2 amide bonds. The van der Waals surface area contributed by atoms with E-state index in [-0.39, 0.29) is 21.5 Å². The molecule has 0 bridgehead atoms. The number of nitro groups is 1. The number of carbonyl (C=O) groups excluding carboxylic acids is 2. The van der Waals surface area contributed by atoms with Crippen molar-refractivity contribution in [2.24, 2.45) is 0 Å². The number of hydrogen-bond acceptors (Lipinski definition) is 6. The zero-order valence-electron chi connectivity index (χ0n) is 26.3. The lowest BCUT2D eigenvalue weighted by atomic mass is 10.1. The third kappa shape index (κ3) is 18.5. The maximum Gasteiger partial charge on any atom is 0.300 e. The van der Waals surface area contributed by atoms with E-state index in [0.29, 0.717) is 57.9 Å². The summed E-state index contributed by atoms with van der Waals surface area (Å²) in [6.45, 7) is 7.05. The fraction of sp³-hybridized carbons (Fsp3) is 0.750. The van der Waals surface area contributed by atoms with Crippen molar-refractivity contribution in [2.75, 3.05) is 39.5 Å². The largest absolute Gasteiger partial charge is 0.381 e. The Bertz CT molecular complexity index is 948. The maximum absolute atomic E-state index is 12.5. The van der Waals surface area contributed by atoms with Crippen LogP contribution < -0.4 is 10.6 Å². The minimum absolute atomic E-state index is 0.120. The molecule has 0 heterocycles. The van der Waals surface area contributed by atoms with E-state index in [1.165, 1.54) is 63.9 Å². The summed E-state index contributed by atoms with van der Waals surface area (Å²) < 4.78 is 11.2. The van der Waals surface area contributed by atoms with Crippen LogP contribution in [0.3, 0.4) is 0 Å². The molecule has 0 saturated carbocycles. The monoisotopic (exact) mass is 645 g/mol. The molecule has 0 aliphatic carbocycles. The van der Waals surface area contributed by atoms with E-state index in [1.807, 2.05) is 0 Å². The molecule has 9 nitrogen and oxygen atoms in total. The van der Waals surface area contributed by atoms with Gasteiger partial charge in [0, 0.05) is 51.0 Å². The third-order valence-electron chi connectivity index (χ3n) is 7.23. The normalized spacial score (nSPS) is 11.1. The quantitative estimate of drug-likeness (QED) is 0.0563. The van der Waals surface area contributed by atoms with Crippen LogP contribution in [-0.2, 0) is 14.3 Å². The Labute approximate surface area is 268 Å². The predicted octanol–water partition coefficient (Wildman–Crippen LogP) is 8.35. The van der Waals surface area contributed by atoms with Gasteiger partial charge in [-0.25, -0.2) is 0 Å². The standard InChI is InChI=1S/C32H53Cl2N3O6/c1-3-4-5-6-7-8-9-10-11-12-13-18-29(38)35-19-16-23-42-21-14-15-22-43-24-17-20-36-32(39)30-26(2)27(33)25-28(34)31(30)37(40)41/h25H,3-24H2,1-2H3,(H,35,38)(H,36,39). The Kier molecular flexibility index (Phi) is 23.1. The number of nitro benzene ring substituents is 1. The minimum Gasteiger partial charge on any atom is -0.381 e. The van der Waals surface area contributed by atoms with Gasteiger partial charge in [0.2, 0.25) is 5.91 Å². The lowest BCUT2D eigenvalue weighted by Gasteiger charge is -2.11. The second kappa shape index (κ2) is 25.4. The highest BCUT2D eigenvalue weighted by atomic mass is 35.5. The van der Waals surface area contributed by atoms with Gasteiger partial charge >= 0.3 is 5.69 Å². The highest BCUT2D eigenvalue weighted by Gasteiger charge is 2.28. The molecule has 0 fully saturated rings. The first kappa shape index (κ1) is 39.1. The predicted molar refractivity (Wildman–Crippen MR) is 174 cm³/mol. The van der Waals surface area contributed by atoms with Gasteiger partial charge < -0.3 is 20.1 Å². The molecule has 0 saturated heterocycles. The van der Waals surface area contributed by atoms with Crippen molar-refractivity contribution in [3.8, 4) is 0 Å². The molecule has 0 spiro atoms. The molecule has 11 heteroatoms. The summed E-state index contributed by atoms with van der Waals surface area (Å²) in [5.74, 6) is -0.451. The lowest BCUT2D eigenvalue weighted by Crippen LogP contribution is -2.27. The van der Waals surface area contributed by atoms with Crippen molar-refractivity contribution in [1.82, 2.24) is 10.6 Å². The van der Waals surface area contributed by atoms with Crippen LogP contribution in [0.2, 0.25) is 10.0 Å². The number of carbonyl (C=O) groups is 2. The van der Waals surface area contributed by atoms with E-state index in [1.54, 1.807) is 6.92 Å². The number of unbranched alkanes of at least 4 members (excludes halogenated alkanes) is 11. The van der Waals surface area contributed by atoms with Crippen molar-refractivity contribution in [3.05, 3.63) is 37.4 Å². The molecule has 1 rings (SSSR count). The molecule has 1 aromatic rings. The van der Waals surface area contributed by atoms with E-state index in [0.717, 1.165) is 32.1 Å². The summed E-state index contributed by atoms with van der Waals surface area (Å²) in [7, 11) is 0. The maximum atomic E-state index is 12.5. The summed E-state index contributed by atoms with van der Waals surface area (Å²) in [5.41, 5.74) is -0.252. The fourth-order valence-corrected chi connectivity index (χ4v) is 5.21. The Morgan fingerprint density at radius 3 is 1.77 bits per heavy atom. The first-order valence-corrected chi connectivity index (χ1v) is 16.9. The van der Waals surface area contributed by atoms with E-state index >= 15 is 0 Å². The second-order valence-corrected chi connectivity index (χ2v) is 11.8. The third-order valence-corrected chi connectivity index (χ3v) is 7.91. The molecule has 246 valence electrons. The molecule has 2 N–H and O–H groups in total. The van der Waals surface area contributed by atoms with Gasteiger partial charge in [0.1, 0.15) is 10.6 Å². The van der Waals surface area contributed by atoms with Crippen LogP contribution in [0.4, 0.5) is 5.69 Å². The number of nitrogens with one attached hydrogen (secondary N) is 2. The van der Waals surface area contributed by atoms with Gasteiger partial charge in [0.05, 0.1) is 4.92 Å². The van der Waals surface area contributed by atoms with Crippen molar-refractivity contribution in [3.63, 3.8) is 0 Å². The fourth-order valence-electron chi connectivity index (χ4n) is 4.68. The smallest absolute Gasteiger partial charge is 0.300 e. The molecular formula is C32H53Cl2N3O6. The Morgan fingerprint density at radius 2 is 1.23 bits per heavy atom. The zero-order chi connectivity index (χ0) is 31.7. The number of halogens is 2. The molecule has 0 atom stereocenters. The van der Waals surface area contributed by atoms with Crippen molar-refractivity contribution < 1.29 is 24.0 Å². The number of benzene rings is 1. The van der Waals surface area contributed by atoms with Gasteiger partial charge in [-0.1, -0.05) is 94.3 Å². The summed E-state index contributed by atoms with van der Waals surface area (Å²) in [6.07, 6.45) is 17.8. The van der Waals surface area contributed by atoms with Crippen LogP contribution in [-0.4, -0.2) is 56.3 Å². The Hall–Kier alpha value is -1.94. The minimum atomic E-state index is -0.674. The van der Waals surface area contributed by atoms with Crippen LogP contribution in [0.15, 0.2) is 6.07 Å². The van der Waals surface area contributed by atoms with Gasteiger partial charge in [-0.05, 0) is 50.7 Å². The van der Waals surface area contributed by atoms with E-state index < -0.39 is 16.5 Å². The molecule has 0 unspecified atom stereocenters. The second-order valence-electron chi connectivity index (χ2n) is 11.0. The highest BCUT2D eigenvalue weighted by molar-refractivity contribution is 6.37.